The molecule has 1 heterocycles. The van der Waals surface area contributed by atoms with Gasteiger partial charge in [-0.1, -0.05) is 40.5 Å². The van der Waals surface area contributed by atoms with Crippen molar-refractivity contribution in [3.63, 3.8) is 0 Å². The molecule has 0 saturated carbocycles. The molecule has 1 unspecified atom stereocenters. The number of unbranched alkanes of at least 4 members (excludes halogenated alkanes) is 1. The maximum atomic E-state index is 4.49. The highest BCUT2D eigenvalue weighted by molar-refractivity contribution is 7.07. The lowest BCUT2D eigenvalue weighted by atomic mass is 9.76. The van der Waals surface area contributed by atoms with Crippen molar-refractivity contribution in [3.05, 3.63) is 16.6 Å². The normalized spacial score (nSPS) is 14.8. The zero-order valence-corrected chi connectivity index (χ0v) is 13.9. The molecule has 1 aromatic rings. The number of nitrogens with one attached hydrogen (secondary N) is 1. The van der Waals surface area contributed by atoms with Crippen LogP contribution in [0.2, 0.25) is 0 Å². The maximum absolute atomic E-state index is 4.49. The predicted octanol–water partition coefficient (Wildman–Crippen LogP) is 4.52. The topological polar surface area (TPSA) is 24.9 Å². The van der Waals surface area contributed by atoms with Gasteiger partial charge in [0, 0.05) is 11.9 Å². The summed E-state index contributed by atoms with van der Waals surface area (Å²) >= 11 is 1.71. The molecular weight excluding hydrogens is 252 g/mol. The Balaban J connectivity index is 2.63. The first-order valence-electron chi connectivity index (χ1n) is 7.69. The number of thiazole rings is 1. The second-order valence-electron chi connectivity index (χ2n) is 6.14. The van der Waals surface area contributed by atoms with Crippen molar-refractivity contribution in [3.8, 4) is 0 Å². The molecule has 1 aromatic heterocycles. The van der Waals surface area contributed by atoms with Gasteiger partial charge < -0.3 is 5.32 Å². The fourth-order valence-electron chi connectivity index (χ4n) is 2.55. The van der Waals surface area contributed by atoms with Gasteiger partial charge in [0.05, 0.1) is 11.2 Å². The fraction of sp³-hybridized carbons (Fsp3) is 0.812. The first-order chi connectivity index (χ1) is 9.12. The van der Waals surface area contributed by atoms with E-state index in [1.54, 1.807) is 11.3 Å². The molecule has 0 aromatic carbocycles. The Hall–Kier alpha value is -0.410. The van der Waals surface area contributed by atoms with Crippen molar-refractivity contribution in [2.75, 3.05) is 13.1 Å². The number of aromatic nitrogens is 1. The summed E-state index contributed by atoms with van der Waals surface area (Å²) in [5, 5.41) is 5.88. The molecule has 19 heavy (non-hydrogen) atoms. The number of hydrogen-bond acceptors (Lipinski definition) is 3. The second-order valence-corrected chi connectivity index (χ2v) is 6.86. The standard InChI is InChI=1S/C16H30N2S/c1-5-7-8-16(6-2,12-17-10-14(3)4)9-15-11-19-13-18-15/h11,13-14,17H,5-10,12H2,1-4H3. The van der Waals surface area contributed by atoms with Crippen LogP contribution in [0.15, 0.2) is 10.9 Å². The molecule has 1 atom stereocenters. The highest BCUT2D eigenvalue weighted by Crippen LogP contribution is 2.32. The van der Waals surface area contributed by atoms with Crippen molar-refractivity contribution in [2.45, 2.75) is 59.8 Å². The Morgan fingerprint density at radius 3 is 2.68 bits per heavy atom. The lowest BCUT2D eigenvalue weighted by Crippen LogP contribution is -2.37. The third-order valence-electron chi connectivity index (χ3n) is 3.90. The van der Waals surface area contributed by atoms with E-state index in [4.69, 9.17) is 0 Å². The lowest BCUT2D eigenvalue weighted by Gasteiger charge is -2.33. The van der Waals surface area contributed by atoms with E-state index < -0.39 is 0 Å². The summed E-state index contributed by atoms with van der Waals surface area (Å²) in [4.78, 5) is 4.49. The smallest absolute Gasteiger partial charge is 0.0794 e. The van der Waals surface area contributed by atoms with Crippen LogP contribution >= 0.6 is 11.3 Å². The van der Waals surface area contributed by atoms with Gasteiger partial charge in [0.2, 0.25) is 0 Å². The molecule has 0 aliphatic carbocycles. The molecule has 1 rings (SSSR count). The Morgan fingerprint density at radius 2 is 2.16 bits per heavy atom. The Bertz CT molecular complexity index is 321. The molecular formula is C16H30N2S. The Morgan fingerprint density at radius 1 is 1.37 bits per heavy atom. The monoisotopic (exact) mass is 282 g/mol. The second kappa shape index (κ2) is 8.70. The van der Waals surface area contributed by atoms with Crippen molar-refractivity contribution in [1.29, 1.82) is 0 Å². The molecule has 3 heteroatoms. The molecule has 0 bridgehead atoms. The third-order valence-corrected chi connectivity index (χ3v) is 4.54. The van der Waals surface area contributed by atoms with Gasteiger partial charge in [-0.2, -0.15) is 0 Å². The zero-order chi connectivity index (χ0) is 14.1. The minimum atomic E-state index is 0.388. The SMILES string of the molecule is CCCCC(CC)(CNCC(C)C)Cc1cscn1. The van der Waals surface area contributed by atoms with E-state index >= 15 is 0 Å². The minimum absolute atomic E-state index is 0.388. The first-order valence-corrected chi connectivity index (χ1v) is 8.64. The molecule has 0 amide bonds. The molecule has 0 radical (unpaired) electrons. The highest BCUT2D eigenvalue weighted by Gasteiger charge is 2.28. The van der Waals surface area contributed by atoms with E-state index in [0.717, 1.165) is 25.4 Å². The maximum Gasteiger partial charge on any atom is 0.0794 e. The largest absolute Gasteiger partial charge is 0.316 e. The highest BCUT2D eigenvalue weighted by atomic mass is 32.1. The van der Waals surface area contributed by atoms with Gasteiger partial charge in [0.15, 0.2) is 0 Å². The fourth-order valence-corrected chi connectivity index (χ4v) is 3.11. The van der Waals surface area contributed by atoms with Crippen molar-refractivity contribution in [2.24, 2.45) is 11.3 Å². The van der Waals surface area contributed by atoms with Crippen LogP contribution in [0.3, 0.4) is 0 Å². The van der Waals surface area contributed by atoms with Crippen LogP contribution in [0, 0.1) is 11.3 Å². The van der Waals surface area contributed by atoms with Crippen LogP contribution in [-0.4, -0.2) is 18.1 Å². The molecule has 0 fully saturated rings. The average molecular weight is 282 g/mol. The van der Waals surface area contributed by atoms with Gasteiger partial charge in [-0.15, -0.1) is 11.3 Å². The van der Waals surface area contributed by atoms with Crippen LogP contribution in [0.4, 0.5) is 0 Å². The van der Waals surface area contributed by atoms with Gasteiger partial charge in [0.25, 0.3) is 0 Å². The molecule has 110 valence electrons. The quantitative estimate of drug-likeness (QED) is 0.682. The summed E-state index contributed by atoms with van der Waals surface area (Å²) in [5.41, 5.74) is 3.62. The Kier molecular flexibility index (Phi) is 7.62. The zero-order valence-electron chi connectivity index (χ0n) is 13.0. The summed E-state index contributed by atoms with van der Waals surface area (Å²) in [6, 6.07) is 0. The van der Waals surface area contributed by atoms with Gasteiger partial charge in [-0.3, -0.25) is 0 Å². The molecule has 1 N–H and O–H groups in total. The van der Waals surface area contributed by atoms with Crippen molar-refractivity contribution in [1.82, 2.24) is 10.3 Å². The molecule has 2 nitrogen and oxygen atoms in total. The van der Waals surface area contributed by atoms with E-state index in [2.05, 4.69) is 43.4 Å². The predicted molar refractivity (Wildman–Crippen MR) is 85.8 cm³/mol. The summed E-state index contributed by atoms with van der Waals surface area (Å²) in [6.07, 6.45) is 6.26. The van der Waals surface area contributed by atoms with Gasteiger partial charge in [0.1, 0.15) is 0 Å². The van der Waals surface area contributed by atoms with Crippen LogP contribution in [0.25, 0.3) is 0 Å². The van der Waals surface area contributed by atoms with Crippen LogP contribution < -0.4 is 5.32 Å². The first kappa shape index (κ1) is 16.6. The summed E-state index contributed by atoms with van der Waals surface area (Å²) in [6.45, 7) is 11.4. The number of rotatable bonds is 10. The minimum Gasteiger partial charge on any atom is -0.316 e. The van der Waals surface area contributed by atoms with Gasteiger partial charge in [-0.05, 0) is 37.1 Å². The van der Waals surface area contributed by atoms with E-state index in [9.17, 15) is 0 Å². The molecule has 0 aliphatic heterocycles. The third kappa shape index (κ3) is 6.05. The summed E-state index contributed by atoms with van der Waals surface area (Å²) in [7, 11) is 0. The van der Waals surface area contributed by atoms with E-state index in [1.165, 1.54) is 31.4 Å². The molecule has 0 spiro atoms. The Labute approximate surface area is 123 Å². The van der Waals surface area contributed by atoms with E-state index in [0.29, 0.717) is 5.41 Å². The summed E-state index contributed by atoms with van der Waals surface area (Å²) < 4.78 is 0. The van der Waals surface area contributed by atoms with Crippen molar-refractivity contribution < 1.29 is 0 Å². The van der Waals surface area contributed by atoms with E-state index in [-0.39, 0.29) is 0 Å². The van der Waals surface area contributed by atoms with Gasteiger partial charge in [-0.25, -0.2) is 4.98 Å². The lowest BCUT2D eigenvalue weighted by molar-refractivity contribution is 0.224. The average Bonchev–Trinajstić information content (AvgIpc) is 2.88. The molecule has 0 aliphatic rings. The van der Waals surface area contributed by atoms with Crippen LogP contribution in [-0.2, 0) is 6.42 Å². The number of nitrogens with zero attached hydrogens (tertiary/aromatic N) is 1. The summed E-state index contributed by atoms with van der Waals surface area (Å²) in [5.74, 6) is 0.722. The number of hydrogen-bond donors (Lipinski definition) is 1. The van der Waals surface area contributed by atoms with E-state index in [1.807, 2.05) is 5.51 Å². The van der Waals surface area contributed by atoms with Gasteiger partial charge >= 0.3 is 0 Å². The molecule has 0 saturated heterocycles. The van der Waals surface area contributed by atoms with Crippen LogP contribution in [0.1, 0.15) is 59.1 Å². The van der Waals surface area contributed by atoms with Crippen LogP contribution in [0.5, 0.6) is 0 Å². The van der Waals surface area contributed by atoms with Crippen molar-refractivity contribution >= 4 is 11.3 Å².